The van der Waals surface area contributed by atoms with Crippen LogP contribution in [-0.2, 0) is 0 Å². The highest BCUT2D eigenvalue weighted by Crippen LogP contribution is 2.14. The number of rotatable bonds is 3. The molecule has 0 aliphatic heterocycles. The monoisotopic (exact) mass is 234 g/mol. The summed E-state index contributed by atoms with van der Waals surface area (Å²) < 4.78 is 0. The van der Waals surface area contributed by atoms with Crippen molar-refractivity contribution in [3.8, 4) is 5.69 Å². The van der Waals surface area contributed by atoms with Gasteiger partial charge in [-0.05, 0) is 11.3 Å². The number of nitro benzene ring substituents is 1. The fourth-order valence-electron chi connectivity index (χ4n) is 1.14. The minimum atomic E-state index is -1.57. The molecule has 2 rings (SSSR count). The first-order valence-corrected chi connectivity index (χ1v) is 4.34. The molecule has 0 bridgehead atoms. The predicted molar refractivity (Wildman–Crippen MR) is 50.1 cm³/mol. The number of hydrogen-bond acceptors (Lipinski definition) is 7. The number of carboxylic acids is 1. The van der Waals surface area contributed by atoms with E-state index in [1.54, 1.807) is 0 Å². The molecule has 86 valence electrons. The summed E-state index contributed by atoms with van der Waals surface area (Å²) in [5.41, 5.74) is 0.0778. The van der Waals surface area contributed by atoms with Crippen LogP contribution in [-0.4, -0.2) is 31.1 Å². The van der Waals surface area contributed by atoms with Gasteiger partial charge in [-0.3, -0.25) is 10.1 Å². The minimum absolute atomic E-state index is 0.158. The van der Waals surface area contributed by atoms with Gasteiger partial charge >= 0.3 is 0 Å². The van der Waals surface area contributed by atoms with Crippen LogP contribution in [0.1, 0.15) is 10.6 Å². The van der Waals surface area contributed by atoms with Crippen LogP contribution in [0.25, 0.3) is 5.69 Å². The molecule has 9 nitrogen and oxygen atoms in total. The molecule has 0 unspecified atom stereocenters. The molecule has 0 fully saturated rings. The van der Waals surface area contributed by atoms with Crippen LogP contribution < -0.4 is 5.11 Å². The van der Waals surface area contributed by atoms with Gasteiger partial charge in [-0.25, -0.2) is 0 Å². The molecule has 0 amide bonds. The molecule has 0 aliphatic carbocycles. The Hall–Kier alpha value is -2.84. The molecule has 0 spiro atoms. The number of aromatic nitrogens is 4. The zero-order valence-electron chi connectivity index (χ0n) is 8.18. The lowest BCUT2D eigenvalue weighted by Gasteiger charge is -1.97. The second-order valence-corrected chi connectivity index (χ2v) is 2.97. The standard InChI is InChI=1S/C8H5N5O4/c14-8(15)7-9-11-12(10-7)5-2-1-3-6(4-5)13(16)17/h1-4H,(H,14,15)/p-1. The van der Waals surface area contributed by atoms with Gasteiger partial charge in [-0.15, -0.1) is 15.0 Å². The Morgan fingerprint density at radius 2 is 2.18 bits per heavy atom. The first-order chi connectivity index (χ1) is 8.08. The molecule has 0 saturated carbocycles. The Balaban J connectivity index is 2.42. The second kappa shape index (κ2) is 3.96. The average molecular weight is 234 g/mol. The Morgan fingerprint density at radius 1 is 1.41 bits per heavy atom. The van der Waals surface area contributed by atoms with Gasteiger partial charge in [0.1, 0.15) is 5.97 Å². The lowest BCUT2D eigenvalue weighted by molar-refractivity contribution is -0.384. The molecule has 2 aromatic rings. The van der Waals surface area contributed by atoms with Gasteiger partial charge in [0.15, 0.2) is 0 Å². The summed E-state index contributed by atoms with van der Waals surface area (Å²) >= 11 is 0. The number of benzene rings is 1. The summed E-state index contributed by atoms with van der Waals surface area (Å²) in [6.45, 7) is 0. The van der Waals surface area contributed by atoms with E-state index in [4.69, 9.17) is 0 Å². The fourth-order valence-corrected chi connectivity index (χ4v) is 1.14. The topological polar surface area (TPSA) is 127 Å². The van der Waals surface area contributed by atoms with E-state index in [9.17, 15) is 20.0 Å². The summed E-state index contributed by atoms with van der Waals surface area (Å²) in [5.74, 6) is -2.15. The van der Waals surface area contributed by atoms with Crippen molar-refractivity contribution in [3.63, 3.8) is 0 Å². The third kappa shape index (κ3) is 2.07. The summed E-state index contributed by atoms with van der Waals surface area (Å²) in [6, 6.07) is 5.39. The van der Waals surface area contributed by atoms with Gasteiger partial charge in [0.05, 0.1) is 10.6 Å². The van der Waals surface area contributed by atoms with Gasteiger partial charge in [-0.2, -0.15) is 0 Å². The van der Waals surface area contributed by atoms with E-state index in [0.29, 0.717) is 0 Å². The minimum Gasteiger partial charge on any atom is -0.541 e. The molecule has 0 N–H and O–H groups in total. The number of aromatic carboxylic acids is 1. The molecule has 1 aromatic heterocycles. The van der Waals surface area contributed by atoms with Crippen LogP contribution in [0.15, 0.2) is 24.3 Å². The van der Waals surface area contributed by atoms with Crippen LogP contribution in [0.5, 0.6) is 0 Å². The molecule has 0 atom stereocenters. The van der Waals surface area contributed by atoms with Gasteiger partial charge in [0, 0.05) is 12.1 Å². The maximum Gasteiger partial charge on any atom is 0.271 e. The average Bonchev–Trinajstić information content (AvgIpc) is 2.78. The lowest BCUT2D eigenvalue weighted by atomic mass is 10.3. The van der Waals surface area contributed by atoms with E-state index >= 15 is 0 Å². The number of hydrogen-bond donors (Lipinski definition) is 0. The highest BCUT2D eigenvalue weighted by molar-refractivity contribution is 5.80. The SMILES string of the molecule is O=C([O-])c1nnn(-c2cccc([N+](=O)[O-])c2)n1. The molecule has 0 aliphatic rings. The number of carboxylic acid groups (broad SMARTS) is 1. The third-order valence-corrected chi connectivity index (χ3v) is 1.87. The summed E-state index contributed by atoms with van der Waals surface area (Å²) in [5, 5.41) is 31.1. The van der Waals surface area contributed by atoms with Crippen LogP contribution in [0.4, 0.5) is 5.69 Å². The zero-order valence-corrected chi connectivity index (χ0v) is 8.18. The van der Waals surface area contributed by atoms with Crippen molar-refractivity contribution < 1.29 is 14.8 Å². The maximum atomic E-state index is 10.5. The number of carbonyl (C=O) groups excluding carboxylic acids is 1. The van der Waals surface area contributed by atoms with Crippen LogP contribution >= 0.6 is 0 Å². The van der Waals surface area contributed by atoms with Gasteiger partial charge in [-0.1, -0.05) is 6.07 Å². The van der Waals surface area contributed by atoms with E-state index in [1.807, 2.05) is 0 Å². The van der Waals surface area contributed by atoms with Crippen molar-refractivity contribution in [2.75, 3.05) is 0 Å². The predicted octanol–water partition coefficient (Wildman–Crippen LogP) is -1.07. The molecule has 17 heavy (non-hydrogen) atoms. The number of carbonyl (C=O) groups is 1. The van der Waals surface area contributed by atoms with Crippen LogP contribution in [0, 0.1) is 10.1 Å². The van der Waals surface area contributed by atoms with E-state index < -0.39 is 16.7 Å². The summed E-state index contributed by atoms with van der Waals surface area (Å²) in [4.78, 5) is 21.2. The van der Waals surface area contributed by atoms with E-state index in [2.05, 4.69) is 15.4 Å². The Labute approximate surface area is 93.4 Å². The van der Waals surface area contributed by atoms with Crippen molar-refractivity contribution in [1.82, 2.24) is 20.2 Å². The quantitative estimate of drug-likeness (QED) is 0.488. The summed E-state index contributed by atoms with van der Waals surface area (Å²) in [7, 11) is 0. The Bertz CT molecular complexity index is 593. The van der Waals surface area contributed by atoms with Crippen molar-refractivity contribution in [3.05, 3.63) is 40.2 Å². The zero-order chi connectivity index (χ0) is 12.4. The Morgan fingerprint density at radius 3 is 2.76 bits per heavy atom. The van der Waals surface area contributed by atoms with Crippen molar-refractivity contribution in [1.29, 1.82) is 0 Å². The fraction of sp³-hybridized carbons (Fsp3) is 0. The highest BCUT2D eigenvalue weighted by Gasteiger charge is 2.10. The Kier molecular flexibility index (Phi) is 2.49. The maximum absolute atomic E-state index is 10.5. The van der Waals surface area contributed by atoms with Gasteiger partial charge < -0.3 is 9.90 Å². The normalized spacial score (nSPS) is 10.1. The highest BCUT2D eigenvalue weighted by atomic mass is 16.6. The van der Waals surface area contributed by atoms with Crippen LogP contribution in [0.3, 0.4) is 0 Å². The number of tetrazole rings is 1. The smallest absolute Gasteiger partial charge is 0.271 e. The molecule has 1 heterocycles. The molecule has 0 radical (unpaired) electrons. The molecule has 1 aromatic carbocycles. The van der Waals surface area contributed by atoms with E-state index in [1.165, 1.54) is 24.3 Å². The number of nitro groups is 1. The number of non-ortho nitro benzene ring substituents is 1. The first kappa shape index (κ1) is 10.7. The van der Waals surface area contributed by atoms with Crippen molar-refractivity contribution in [2.45, 2.75) is 0 Å². The van der Waals surface area contributed by atoms with E-state index in [0.717, 1.165) is 4.80 Å². The van der Waals surface area contributed by atoms with Crippen molar-refractivity contribution in [2.24, 2.45) is 0 Å². The molecular formula is C8H4N5O4-. The third-order valence-electron chi connectivity index (χ3n) is 1.87. The van der Waals surface area contributed by atoms with E-state index in [-0.39, 0.29) is 11.4 Å². The molecular weight excluding hydrogens is 230 g/mol. The van der Waals surface area contributed by atoms with Crippen molar-refractivity contribution >= 4 is 11.7 Å². The second-order valence-electron chi connectivity index (χ2n) is 2.97. The lowest BCUT2D eigenvalue weighted by Crippen LogP contribution is -2.23. The van der Waals surface area contributed by atoms with Gasteiger partial charge in [0.2, 0.25) is 5.82 Å². The van der Waals surface area contributed by atoms with Crippen LogP contribution in [0.2, 0.25) is 0 Å². The number of nitrogens with zero attached hydrogens (tertiary/aromatic N) is 5. The molecule has 9 heteroatoms. The largest absolute Gasteiger partial charge is 0.541 e. The van der Waals surface area contributed by atoms with Gasteiger partial charge in [0.25, 0.3) is 5.69 Å². The first-order valence-electron chi connectivity index (χ1n) is 4.34. The molecule has 0 saturated heterocycles. The summed E-state index contributed by atoms with van der Waals surface area (Å²) in [6.07, 6.45) is 0.